The molecule has 138 valence electrons. The van der Waals surface area contributed by atoms with Crippen molar-refractivity contribution in [3.05, 3.63) is 42.5 Å². The molecule has 0 radical (unpaired) electrons. The third-order valence-corrected chi connectivity index (χ3v) is 4.84. The lowest BCUT2D eigenvalue weighted by atomic mass is 10.1. The standard InChI is InChI=1S/C19H23N3O3S/c1-12(2)22-17-11-15(25-3)9-10-16(17)18(20)19(22)13-5-7-14(8-6-13)21-26(4,23)24/h5-12,21H,20H2,1-4H3. The van der Waals surface area contributed by atoms with Gasteiger partial charge in [-0.3, -0.25) is 4.72 Å². The van der Waals surface area contributed by atoms with E-state index in [9.17, 15) is 8.42 Å². The van der Waals surface area contributed by atoms with Crippen LogP contribution in [0.1, 0.15) is 19.9 Å². The van der Waals surface area contributed by atoms with Gasteiger partial charge in [-0.1, -0.05) is 12.1 Å². The molecule has 0 fully saturated rings. The van der Waals surface area contributed by atoms with Crippen LogP contribution >= 0.6 is 0 Å². The van der Waals surface area contributed by atoms with Crippen molar-refractivity contribution in [1.29, 1.82) is 0 Å². The topological polar surface area (TPSA) is 86.3 Å². The number of nitrogens with one attached hydrogen (secondary N) is 1. The monoisotopic (exact) mass is 373 g/mol. The molecular formula is C19H23N3O3S. The number of ether oxygens (including phenoxy) is 1. The smallest absolute Gasteiger partial charge is 0.229 e. The molecule has 0 amide bonds. The van der Waals surface area contributed by atoms with Crippen LogP contribution < -0.4 is 15.2 Å². The van der Waals surface area contributed by atoms with Gasteiger partial charge < -0.3 is 15.0 Å². The Kier molecular flexibility index (Phi) is 4.58. The van der Waals surface area contributed by atoms with Crippen LogP contribution in [-0.4, -0.2) is 26.4 Å². The molecule has 3 rings (SSSR count). The highest BCUT2D eigenvalue weighted by Gasteiger charge is 2.19. The van der Waals surface area contributed by atoms with Crippen LogP contribution in [0, 0.1) is 0 Å². The molecule has 0 spiro atoms. The molecule has 2 aromatic carbocycles. The van der Waals surface area contributed by atoms with Gasteiger partial charge >= 0.3 is 0 Å². The molecule has 1 aromatic heterocycles. The van der Waals surface area contributed by atoms with Crippen molar-refractivity contribution >= 4 is 32.3 Å². The average Bonchev–Trinajstić information content (AvgIpc) is 2.86. The molecule has 26 heavy (non-hydrogen) atoms. The lowest BCUT2D eigenvalue weighted by Crippen LogP contribution is -2.09. The molecule has 7 heteroatoms. The molecule has 6 nitrogen and oxygen atoms in total. The number of fused-ring (bicyclic) bond motifs is 1. The summed E-state index contributed by atoms with van der Waals surface area (Å²) in [5, 5.41) is 0.966. The van der Waals surface area contributed by atoms with Gasteiger partial charge in [0.1, 0.15) is 5.75 Å². The summed E-state index contributed by atoms with van der Waals surface area (Å²) >= 11 is 0. The van der Waals surface area contributed by atoms with Gasteiger partial charge in [0.15, 0.2) is 0 Å². The quantitative estimate of drug-likeness (QED) is 0.711. The van der Waals surface area contributed by atoms with E-state index in [1.165, 1.54) is 0 Å². The highest BCUT2D eigenvalue weighted by atomic mass is 32.2. The number of aromatic nitrogens is 1. The second-order valence-electron chi connectivity index (χ2n) is 6.56. The van der Waals surface area contributed by atoms with E-state index in [-0.39, 0.29) is 6.04 Å². The summed E-state index contributed by atoms with van der Waals surface area (Å²) in [5.74, 6) is 0.774. The highest BCUT2D eigenvalue weighted by Crippen LogP contribution is 2.40. The van der Waals surface area contributed by atoms with E-state index >= 15 is 0 Å². The molecule has 3 aromatic rings. The fourth-order valence-corrected chi connectivity index (χ4v) is 3.75. The third-order valence-electron chi connectivity index (χ3n) is 4.23. The first-order valence-corrected chi connectivity index (χ1v) is 10.2. The maximum atomic E-state index is 11.4. The normalized spacial score (nSPS) is 11.9. The number of nitrogens with zero attached hydrogens (tertiary/aromatic N) is 1. The number of benzene rings is 2. The summed E-state index contributed by atoms with van der Waals surface area (Å²) in [6, 6.07) is 13.2. The number of hydrogen-bond acceptors (Lipinski definition) is 4. The fourth-order valence-electron chi connectivity index (χ4n) is 3.18. The number of anilines is 2. The van der Waals surface area contributed by atoms with Crippen molar-refractivity contribution in [2.24, 2.45) is 0 Å². The van der Waals surface area contributed by atoms with Crippen LogP contribution in [-0.2, 0) is 10.0 Å². The predicted molar refractivity (Wildman–Crippen MR) is 107 cm³/mol. The van der Waals surface area contributed by atoms with E-state index in [0.717, 1.165) is 34.2 Å². The molecule has 0 saturated carbocycles. The summed E-state index contributed by atoms with van der Waals surface area (Å²) in [7, 11) is -1.67. The molecule has 0 saturated heterocycles. The zero-order valence-electron chi connectivity index (χ0n) is 15.3. The van der Waals surface area contributed by atoms with Gasteiger partial charge in [0.05, 0.1) is 30.3 Å². The molecule has 3 N–H and O–H groups in total. The van der Waals surface area contributed by atoms with Gasteiger partial charge in [-0.05, 0) is 38.1 Å². The Morgan fingerprint density at radius 3 is 2.31 bits per heavy atom. The summed E-state index contributed by atoms with van der Waals surface area (Å²) in [6.07, 6.45) is 1.13. The summed E-state index contributed by atoms with van der Waals surface area (Å²) in [6.45, 7) is 4.20. The van der Waals surface area contributed by atoms with Crippen LogP contribution in [0.4, 0.5) is 11.4 Å². The summed E-state index contributed by atoms with van der Waals surface area (Å²) in [5.41, 5.74) is 10.5. The summed E-state index contributed by atoms with van der Waals surface area (Å²) in [4.78, 5) is 0. The lowest BCUT2D eigenvalue weighted by molar-refractivity contribution is 0.415. The maximum Gasteiger partial charge on any atom is 0.229 e. The Morgan fingerprint density at radius 2 is 1.77 bits per heavy atom. The Morgan fingerprint density at radius 1 is 1.12 bits per heavy atom. The molecule has 0 aliphatic carbocycles. The van der Waals surface area contributed by atoms with Gasteiger partial charge in [0, 0.05) is 28.7 Å². The first-order valence-electron chi connectivity index (χ1n) is 8.27. The van der Waals surface area contributed by atoms with Crippen LogP contribution in [0.2, 0.25) is 0 Å². The number of methoxy groups -OCH3 is 1. The second-order valence-corrected chi connectivity index (χ2v) is 8.31. The minimum absolute atomic E-state index is 0.186. The third kappa shape index (κ3) is 3.35. The average molecular weight is 373 g/mol. The van der Waals surface area contributed by atoms with Crippen molar-refractivity contribution in [2.45, 2.75) is 19.9 Å². The highest BCUT2D eigenvalue weighted by molar-refractivity contribution is 7.92. The summed E-state index contributed by atoms with van der Waals surface area (Å²) < 4.78 is 32.8. The Balaban J connectivity index is 2.18. The lowest BCUT2D eigenvalue weighted by Gasteiger charge is -2.16. The Hall–Kier alpha value is -2.67. The van der Waals surface area contributed by atoms with E-state index in [4.69, 9.17) is 10.5 Å². The van der Waals surface area contributed by atoms with Crippen LogP contribution in [0.3, 0.4) is 0 Å². The molecule has 0 unspecified atom stereocenters. The minimum atomic E-state index is -3.31. The van der Waals surface area contributed by atoms with Gasteiger partial charge in [-0.2, -0.15) is 0 Å². The van der Waals surface area contributed by atoms with E-state index in [1.807, 2.05) is 30.3 Å². The van der Waals surface area contributed by atoms with E-state index in [1.54, 1.807) is 19.2 Å². The van der Waals surface area contributed by atoms with E-state index in [2.05, 4.69) is 23.1 Å². The zero-order chi connectivity index (χ0) is 19.1. The van der Waals surface area contributed by atoms with Gasteiger partial charge in [-0.25, -0.2) is 8.42 Å². The molecule has 1 heterocycles. The maximum absolute atomic E-state index is 11.4. The number of nitrogen functional groups attached to an aromatic ring is 1. The molecular weight excluding hydrogens is 350 g/mol. The van der Waals surface area contributed by atoms with E-state index < -0.39 is 10.0 Å². The van der Waals surface area contributed by atoms with Gasteiger partial charge in [0.2, 0.25) is 10.0 Å². The van der Waals surface area contributed by atoms with Gasteiger partial charge in [-0.15, -0.1) is 0 Å². The van der Waals surface area contributed by atoms with Crippen molar-refractivity contribution in [2.75, 3.05) is 23.8 Å². The molecule has 0 aliphatic heterocycles. The van der Waals surface area contributed by atoms with Crippen molar-refractivity contribution in [3.63, 3.8) is 0 Å². The van der Waals surface area contributed by atoms with Crippen LogP contribution in [0.5, 0.6) is 5.75 Å². The van der Waals surface area contributed by atoms with Crippen LogP contribution in [0.25, 0.3) is 22.2 Å². The molecule has 0 bridgehead atoms. The zero-order valence-corrected chi connectivity index (χ0v) is 16.1. The predicted octanol–water partition coefficient (Wildman–Crippen LogP) is 3.85. The first-order chi connectivity index (χ1) is 12.2. The van der Waals surface area contributed by atoms with Gasteiger partial charge in [0.25, 0.3) is 0 Å². The SMILES string of the molecule is COc1ccc2c(N)c(-c3ccc(NS(C)(=O)=O)cc3)n(C(C)C)c2c1. The van der Waals surface area contributed by atoms with Crippen molar-refractivity contribution < 1.29 is 13.2 Å². The number of rotatable bonds is 5. The van der Waals surface area contributed by atoms with Crippen LogP contribution in [0.15, 0.2) is 42.5 Å². The first kappa shape index (κ1) is 18.1. The number of sulfonamides is 1. The Labute approximate surface area is 153 Å². The van der Waals surface area contributed by atoms with E-state index in [0.29, 0.717) is 11.4 Å². The number of hydrogen-bond donors (Lipinski definition) is 2. The fraction of sp³-hybridized carbons (Fsp3) is 0.263. The van der Waals surface area contributed by atoms with Crippen molar-refractivity contribution in [3.8, 4) is 17.0 Å². The minimum Gasteiger partial charge on any atom is -0.497 e. The Bertz CT molecular complexity index is 1050. The second kappa shape index (κ2) is 6.57. The number of nitrogens with two attached hydrogens (primary N) is 1. The van der Waals surface area contributed by atoms with Crippen molar-refractivity contribution in [1.82, 2.24) is 4.57 Å². The molecule has 0 aliphatic rings. The molecule has 0 atom stereocenters. The largest absolute Gasteiger partial charge is 0.497 e.